The summed E-state index contributed by atoms with van der Waals surface area (Å²) in [6.45, 7) is 0. The smallest absolute Gasteiger partial charge is 0.328 e. The number of nitrogens with two attached hydrogens (primary N) is 1. The molecule has 0 aliphatic heterocycles. The van der Waals surface area contributed by atoms with Gasteiger partial charge in [0.05, 0.1) is 26.2 Å². The number of methoxy groups -OCH3 is 2. The van der Waals surface area contributed by atoms with Crippen molar-refractivity contribution in [2.75, 3.05) is 20.0 Å². The summed E-state index contributed by atoms with van der Waals surface area (Å²) in [5.41, 5.74) is 5.66. The number of carbonyl (C=O) groups excluding carboxylic acids is 3. The molecule has 0 radical (unpaired) electrons. The molecule has 108 valence electrons. The van der Waals surface area contributed by atoms with E-state index in [1.807, 2.05) is 0 Å². The zero-order valence-corrected chi connectivity index (χ0v) is 11.1. The fourth-order valence-corrected chi connectivity index (χ4v) is 1.43. The van der Waals surface area contributed by atoms with Crippen LogP contribution < -0.4 is 11.1 Å². The first-order valence-electron chi connectivity index (χ1n) is 5.65. The molecule has 0 saturated carbocycles. The number of pyridine rings is 1. The maximum Gasteiger partial charge on any atom is 0.328 e. The molecule has 1 heterocycles. The Labute approximate surface area is 115 Å². The average Bonchev–Trinajstić information content (AvgIpc) is 2.45. The summed E-state index contributed by atoms with van der Waals surface area (Å²) < 4.78 is 8.97. The standard InChI is InChI=1S/C12H15N3O5/c1-19-9(16)6-8(12(18)20-2)15-11(17)7-4-3-5-14-10(7)13/h3-5,8H,6H2,1-2H3,(H2,13,14)(H,15,17). The molecule has 0 saturated heterocycles. The van der Waals surface area contributed by atoms with Crippen molar-refractivity contribution in [2.45, 2.75) is 12.5 Å². The van der Waals surface area contributed by atoms with Crippen LogP contribution in [-0.2, 0) is 19.1 Å². The first-order valence-corrected chi connectivity index (χ1v) is 5.65. The minimum Gasteiger partial charge on any atom is -0.469 e. The second kappa shape index (κ2) is 7.07. The van der Waals surface area contributed by atoms with Crippen LogP contribution in [0.15, 0.2) is 18.3 Å². The lowest BCUT2D eigenvalue weighted by Gasteiger charge is -2.15. The number of amides is 1. The van der Waals surface area contributed by atoms with Gasteiger partial charge in [-0.25, -0.2) is 9.78 Å². The summed E-state index contributed by atoms with van der Waals surface area (Å²) >= 11 is 0. The minimum atomic E-state index is -1.15. The molecule has 0 spiro atoms. The first kappa shape index (κ1) is 15.4. The van der Waals surface area contributed by atoms with Crippen molar-refractivity contribution in [3.63, 3.8) is 0 Å². The summed E-state index contributed by atoms with van der Waals surface area (Å²) in [5.74, 6) is -2.02. The van der Waals surface area contributed by atoms with Crippen molar-refractivity contribution in [3.05, 3.63) is 23.9 Å². The fraction of sp³-hybridized carbons (Fsp3) is 0.333. The minimum absolute atomic E-state index is 0.0201. The van der Waals surface area contributed by atoms with E-state index in [-0.39, 0.29) is 17.8 Å². The van der Waals surface area contributed by atoms with Crippen LogP contribution in [0.5, 0.6) is 0 Å². The molecule has 1 atom stereocenters. The number of esters is 2. The second-order valence-corrected chi connectivity index (χ2v) is 3.77. The van der Waals surface area contributed by atoms with Gasteiger partial charge in [0.1, 0.15) is 11.9 Å². The Bertz CT molecular complexity index is 518. The van der Waals surface area contributed by atoms with E-state index in [2.05, 4.69) is 19.8 Å². The van der Waals surface area contributed by atoms with Gasteiger partial charge >= 0.3 is 11.9 Å². The molecule has 1 aromatic heterocycles. The summed E-state index contributed by atoms with van der Waals surface area (Å²) in [6, 6.07) is 1.82. The van der Waals surface area contributed by atoms with Crippen molar-refractivity contribution >= 4 is 23.7 Å². The van der Waals surface area contributed by atoms with Gasteiger partial charge in [-0.05, 0) is 12.1 Å². The molecule has 1 rings (SSSR count). The second-order valence-electron chi connectivity index (χ2n) is 3.77. The number of hydrogen-bond acceptors (Lipinski definition) is 7. The monoisotopic (exact) mass is 281 g/mol. The van der Waals surface area contributed by atoms with Crippen LogP contribution in [0.25, 0.3) is 0 Å². The molecule has 0 aromatic carbocycles. The number of carbonyl (C=O) groups is 3. The van der Waals surface area contributed by atoms with Crippen molar-refractivity contribution < 1.29 is 23.9 Å². The van der Waals surface area contributed by atoms with E-state index in [0.717, 1.165) is 7.11 Å². The van der Waals surface area contributed by atoms with E-state index in [0.29, 0.717) is 0 Å². The number of rotatable bonds is 5. The molecule has 0 aliphatic carbocycles. The quantitative estimate of drug-likeness (QED) is 0.698. The molecular weight excluding hydrogens is 266 g/mol. The Balaban J connectivity index is 2.84. The van der Waals surface area contributed by atoms with Gasteiger partial charge in [0.2, 0.25) is 0 Å². The number of nitrogen functional groups attached to an aromatic ring is 1. The molecule has 8 heteroatoms. The maximum absolute atomic E-state index is 12.0. The predicted molar refractivity (Wildman–Crippen MR) is 68.6 cm³/mol. The van der Waals surface area contributed by atoms with E-state index in [4.69, 9.17) is 5.73 Å². The van der Waals surface area contributed by atoms with E-state index >= 15 is 0 Å². The molecule has 1 aromatic rings. The lowest BCUT2D eigenvalue weighted by atomic mass is 10.1. The highest BCUT2D eigenvalue weighted by Crippen LogP contribution is 2.08. The third-order valence-corrected chi connectivity index (χ3v) is 2.47. The van der Waals surface area contributed by atoms with Crippen LogP contribution in [0.4, 0.5) is 5.82 Å². The molecule has 0 fully saturated rings. The van der Waals surface area contributed by atoms with Gasteiger partial charge in [-0.15, -0.1) is 0 Å². The number of ether oxygens (including phenoxy) is 2. The van der Waals surface area contributed by atoms with E-state index in [1.165, 1.54) is 25.4 Å². The average molecular weight is 281 g/mol. The van der Waals surface area contributed by atoms with E-state index in [9.17, 15) is 14.4 Å². The van der Waals surface area contributed by atoms with Crippen LogP contribution in [0.3, 0.4) is 0 Å². The molecule has 1 amide bonds. The van der Waals surface area contributed by atoms with Gasteiger partial charge in [-0.3, -0.25) is 9.59 Å². The van der Waals surface area contributed by atoms with Gasteiger partial charge < -0.3 is 20.5 Å². The topological polar surface area (TPSA) is 121 Å². The van der Waals surface area contributed by atoms with Gasteiger partial charge in [-0.1, -0.05) is 0 Å². The number of hydrogen-bond donors (Lipinski definition) is 2. The Morgan fingerprint density at radius 2 is 2.05 bits per heavy atom. The number of anilines is 1. The van der Waals surface area contributed by atoms with E-state index < -0.39 is 23.9 Å². The highest BCUT2D eigenvalue weighted by molar-refractivity contribution is 6.00. The molecule has 20 heavy (non-hydrogen) atoms. The predicted octanol–water partition coefficient (Wildman–Crippen LogP) is -0.502. The third-order valence-electron chi connectivity index (χ3n) is 2.47. The van der Waals surface area contributed by atoms with Crippen LogP contribution in [0, 0.1) is 0 Å². The molecule has 1 unspecified atom stereocenters. The number of aromatic nitrogens is 1. The Hall–Kier alpha value is -2.64. The van der Waals surface area contributed by atoms with Gasteiger partial charge in [-0.2, -0.15) is 0 Å². The van der Waals surface area contributed by atoms with Crippen LogP contribution >= 0.6 is 0 Å². The molecule has 8 nitrogen and oxygen atoms in total. The lowest BCUT2D eigenvalue weighted by molar-refractivity contribution is -0.149. The largest absolute Gasteiger partial charge is 0.469 e. The van der Waals surface area contributed by atoms with E-state index in [1.54, 1.807) is 0 Å². The summed E-state index contributed by atoms with van der Waals surface area (Å²) in [4.78, 5) is 38.5. The normalized spacial score (nSPS) is 11.3. The lowest BCUT2D eigenvalue weighted by Crippen LogP contribution is -2.43. The molecule has 0 bridgehead atoms. The summed E-state index contributed by atoms with van der Waals surface area (Å²) in [6.07, 6.45) is 1.09. The van der Waals surface area contributed by atoms with Crippen LogP contribution in [0.1, 0.15) is 16.8 Å². The zero-order valence-electron chi connectivity index (χ0n) is 11.1. The van der Waals surface area contributed by atoms with Gasteiger partial charge in [0, 0.05) is 6.20 Å². The first-order chi connectivity index (χ1) is 9.49. The van der Waals surface area contributed by atoms with Crippen molar-refractivity contribution in [1.82, 2.24) is 10.3 Å². The third kappa shape index (κ3) is 3.94. The fourth-order valence-electron chi connectivity index (χ4n) is 1.43. The maximum atomic E-state index is 12.0. The van der Waals surface area contributed by atoms with Crippen molar-refractivity contribution in [2.24, 2.45) is 0 Å². The Kier molecular flexibility index (Phi) is 5.45. The number of nitrogens with one attached hydrogen (secondary N) is 1. The van der Waals surface area contributed by atoms with Gasteiger partial charge in [0.25, 0.3) is 5.91 Å². The molecule has 3 N–H and O–H groups in total. The number of nitrogens with zero attached hydrogens (tertiary/aromatic N) is 1. The van der Waals surface area contributed by atoms with Crippen molar-refractivity contribution in [3.8, 4) is 0 Å². The Morgan fingerprint density at radius 3 is 2.60 bits per heavy atom. The molecular formula is C12H15N3O5. The highest BCUT2D eigenvalue weighted by atomic mass is 16.5. The van der Waals surface area contributed by atoms with Gasteiger partial charge in [0.15, 0.2) is 0 Å². The molecule has 0 aliphatic rings. The highest BCUT2D eigenvalue weighted by Gasteiger charge is 2.26. The summed E-state index contributed by atoms with van der Waals surface area (Å²) in [7, 11) is 2.33. The Morgan fingerprint density at radius 1 is 1.35 bits per heavy atom. The van der Waals surface area contributed by atoms with Crippen molar-refractivity contribution in [1.29, 1.82) is 0 Å². The van der Waals surface area contributed by atoms with Crippen LogP contribution in [0.2, 0.25) is 0 Å². The van der Waals surface area contributed by atoms with Crippen LogP contribution in [-0.4, -0.2) is 43.1 Å². The SMILES string of the molecule is COC(=O)CC(NC(=O)c1cccnc1N)C(=O)OC. The summed E-state index contributed by atoms with van der Waals surface area (Å²) in [5, 5.41) is 2.36. The zero-order chi connectivity index (χ0) is 15.1.